The summed E-state index contributed by atoms with van der Waals surface area (Å²) in [6.45, 7) is 0.905. The molecule has 3 heterocycles. The molecule has 0 aliphatic carbocycles. The molecule has 1 saturated heterocycles. The predicted molar refractivity (Wildman–Crippen MR) is 78.1 cm³/mol. The SMILES string of the molecule is c1ccc2c(c1)sc1nnc(SC[C@@H]3CCCO3)n12. The van der Waals surface area contributed by atoms with E-state index in [1.54, 1.807) is 23.1 Å². The molecule has 0 radical (unpaired) electrons. The Morgan fingerprint density at radius 2 is 2.32 bits per heavy atom. The minimum Gasteiger partial charge on any atom is -0.377 e. The van der Waals surface area contributed by atoms with Crippen LogP contribution < -0.4 is 0 Å². The lowest BCUT2D eigenvalue weighted by atomic mass is 10.3. The minimum absolute atomic E-state index is 0.377. The number of rotatable bonds is 3. The second kappa shape index (κ2) is 4.77. The molecule has 2 aromatic heterocycles. The van der Waals surface area contributed by atoms with Crippen LogP contribution in [0.5, 0.6) is 0 Å². The third-order valence-electron chi connectivity index (χ3n) is 3.33. The van der Waals surface area contributed by atoms with Crippen LogP contribution in [0.1, 0.15) is 12.8 Å². The summed E-state index contributed by atoms with van der Waals surface area (Å²) >= 11 is 3.43. The van der Waals surface area contributed by atoms with Crippen molar-refractivity contribution in [3.8, 4) is 0 Å². The van der Waals surface area contributed by atoms with Gasteiger partial charge in [0, 0.05) is 12.4 Å². The number of hydrogen-bond acceptors (Lipinski definition) is 5. The second-order valence-corrected chi connectivity index (χ2v) is 6.61. The van der Waals surface area contributed by atoms with Gasteiger partial charge in [0.1, 0.15) is 0 Å². The van der Waals surface area contributed by atoms with Gasteiger partial charge in [-0.05, 0) is 25.0 Å². The monoisotopic (exact) mass is 291 g/mol. The molecule has 19 heavy (non-hydrogen) atoms. The van der Waals surface area contributed by atoms with Crippen molar-refractivity contribution in [2.75, 3.05) is 12.4 Å². The number of thioether (sulfide) groups is 1. The van der Waals surface area contributed by atoms with E-state index in [2.05, 4.69) is 38.9 Å². The van der Waals surface area contributed by atoms with E-state index in [1.807, 2.05) is 0 Å². The van der Waals surface area contributed by atoms with Crippen molar-refractivity contribution in [1.82, 2.24) is 14.6 Å². The van der Waals surface area contributed by atoms with E-state index in [-0.39, 0.29) is 0 Å². The van der Waals surface area contributed by atoms with Gasteiger partial charge in [-0.15, -0.1) is 10.2 Å². The summed E-state index contributed by atoms with van der Waals surface area (Å²) in [5, 5.41) is 9.54. The zero-order chi connectivity index (χ0) is 12.7. The molecular formula is C13H13N3OS2. The van der Waals surface area contributed by atoms with Gasteiger partial charge in [-0.1, -0.05) is 35.2 Å². The van der Waals surface area contributed by atoms with Gasteiger partial charge in [-0.3, -0.25) is 4.40 Å². The third-order valence-corrected chi connectivity index (χ3v) is 5.41. The van der Waals surface area contributed by atoms with Crippen molar-refractivity contribution < 1.29 is 4.74 Å². The van der Waals surface area contributed by atoms with E-state index >= 15 is 0 Å². The number of nitrogens with zero attached hydrogens (tertiary/aromatic N) is 3. The molecule has 1 atom stereocenters. The highest BCUT2D eigenvalue weighted by Crippen LogP contribution is 2.30. The molecule has 1 aliphatic heterocycles. The van der Waals surface area contributed by atoms with Crippen LogP contribution >= 0.6 is 23.1 Å². The molecule has 1 fully saturated rings. The molecule has 6 heteroatoms. The number of ether oxygens (including phenoxy) is 1. The summed E-state index contributed by atoms with van der Waals surface area (Å²) in [5.41, 5.74) is 1.20. The zero-order valence-electron chi connectivity index (χ0n) is 10.3. The maximum atomic E-state index is 5.66. The molecule has 0 unspecified atom stereocenters. The van der Waals surface area contributed by atoms with E-state index in [0.29, 0.717) is 6.10 Å². The van der Waals surface area contributed by atoms with Gasteiger partial charge in [-0.2, -0.15) is 0 Å². The van der Waals surface area contributed by atoms with Gasteiger partial charge in [0.05, 0.1) is 16.3 Å². The maximum absolute atomic E-state index is 5.66. The number of thiazole rings is 1. The van der Waals surface area contributed by atoms with Crippen LogP contribution in [0.3, 0.4) is 0 Å². The molecular weight excluding hydrogens is 278 g/mol. The fourth-order valence-electron chi connectivity index (χ4n) is 2.39. The molecule has 1 aromatic carbocycles. The number of hydrogen-bond donors (Lipinski definition) is 0. The molecule has 0 spiro atoms. The highest BCUT2D eigenvalue weighted by Gasteiger charge is 2.18. The Labute approximate surface area is 118 Å². The number of benzene rings is 1. The fourth-order valence-corrected chi connectivity index (χ4v) is 4.43. The Kier molecular flexibility index (Phi) is 2.94. The first kappa shape index (κ1) is 11.7. The summed E-state index contributed by atoms with van der Waals surface area (Å²) in [7, 11) is 0. The molecule has 4 nitrogen and oxygen atoms in total. The molecule has 0 amide bonds. The topological polar surface area (TPSA) is 39.4 Å². The first-order valence-electron chi connectivity index (χ1n) is 6.39. The van der Waals surface area contributed by atoms with Gasteiger partial charge >= 0.3 is 0 Å². The number of fused-ring (bicyclic) bond motifs is 3. The lowest BCUT2D eigenvalue weighted by Crippen LogP contribution is -2.08. The van der Waals surface area contributed by atoms with E-state index in [1.165, 1.54) is 23.1 Å². The second-order valence-electron chi connectivity index (χ2n) is 4.62. The van der Waals surface area contributed by atoms with Gasteiger partial charge in [0.25, 0.3) is 0 Å². The largest absolute Gasteiger partial charge is 0.377 e. The quantitative estimate of drug-likeness (QED) is 0.695. The standard InChI is InChI=1S/C13H13N3OS2/c1-2-6-11-10(5-1)16-12(14-15-13(16)19-11)18-8-9-4-3-7-17-9/h1-2,5-6,9H,3-4,7-8H2/t9-/m0/s1. The third kappa shape index (κ3) is 2.04. The van der Waals surface area contributed by atoms with Gasteiger partial charge in [-0.25, -0.2) is 0 Å². The van der Waals surface area contributed by atoms with E-state index < -0.39 is 0 Å². The molecule has 0 saturated carbocycles. The summed E-state index contributed by atoms with van der Waals surface area (Å²) in [6.07, 6.45) is 2.73. The summed E-state index contributed by atoms with van der Waals surface area (Å²) < 4.78 is 9.06. The lowest BCUT2D eigenvalue weighted by Gasteiger charge is -2.06. The lowest BCUT2D eigenvalue weighted by molar-refractivity contribution is 0.129. The first-order valence-corrected chi connectivity index (χ1v) is 8.19. The smallest absolute Gasteiger partial charge is 0.217 e. The van der Waals surface area contributed by atoms with Gasteiger partial charge in [0.2, 0.25) is 4.96 Å². The van der Waals surface area contributed by atoms with E-state index in [0.717, 1.165) is 22.5 Å². The van der Waals surface area contributed by atoms with Crippen molar-refractivity contribution in [3.05, 3.63) is 24.3 Å². The van der Waals surface area contributed by atoms with Crippen LogP contribution in [0.25, 0.3) is 15.2 Å². The highest BCUT2D eigenvalue weighted by atomic mass is 32.2. The van der Waals surface area contributed by atoms with Crippen LogP contribution in [-0.4, -0.2) is 33.1 Å². The van der Waals surface area contributed by atoms with Crippen molar-refractivity contribution in [3.63, 3.8) is 0 Å². The Balaban J connectivity index is 1.68. The summed E-state index contributed by atoms with van der Waals surface area (Å²) in [5.74, 6) is 0.963. The normalized spacial score (nSPS) is 19.7. The Morgan fingerprint density at radius 3 is 3.21 bits per heavy atom. The number of para-hydroxylation sites is 1. The van der Waals surface area contributed by atoms with Crippen molar-refractivity contribution in [2.45, 2.75) is 24.1 Å². The van der Waals surface area contributed by atoms with E-state index in [9.17, 15) is 0 Å². The first-order chi connectivity index (χ1) is 9.42. The van der Waals surface area contributed by atoms with Crippen molar-refractivity contribution >= 4 is 38.3 Å². The van der Waals surface area contributed by atoms with Crippen LogP contribution in [0.2, 0.25) is 0 Å². The molecule has 1 aliphatic rings. The highest BCUT2D eigenvalue weighted by molar-refractivity contribution is 7.99. The van der Waals surface area contributed by atoms with Crippen molar-refractivity contribution in [2.24, 2.45) is 0 Å². The van der Waals surface area contributed by atoms with E-state index in [4.69, 9.17) is 4.74 Å². The molecule has 0 bridgehead atoms. The summed E-state index contributed by atoms with van der Waals surface area (Å²) in [6, 6.07) is 8.37. The fraction of sp³-hybridized carbons (Fsp3) is 0.385. The Morgan fingerprint density at radius 1 is 1.37 bits per heavy atom. The van der Waals surface area contributed by atoms with Crippen LogP contribution in [0, 0.1) is 0 Å². The van der Waals surface area contributed by atoms with Gasteiger partial charge in [0.15, 0.2) is 5.16 Å². The van der Waals surface area contributed by atoms with Crippen LogP contribution in [-0.2, 0) is 4.74 Å². The van der Waals surface area contributed by atoms with Gasteiger partial charge < -0.3 is 4.74 Å². The van der Waals surface area contributed by atoms with Crippen LogP contribution in [0.4, 0.5) is 0 Å². The summed E-state index contributed by atoms with van der Waals surface area (Å²) in [4.78, 5) is 0.969. The average Bonchev–Trinajstić information content (AvgIpc) is 3.13. The van der Waals surface area contributed by atoms with Crippen LogP contribution in [0.15, 0.2) is 29.4 Å². The Hall–Kier alpha value is -1.11. The molecule has 4 rings (SSSR count). The molecule has 98 valence electrons. The minimum atomic E-state index is 0.377. The predicted octanol–water partition coefficient (Wildman–Crippen LogP) is 3.22. The molecule has 3 aromatic rings. The van der Waals surface area contributed by atoms with Crippen molar-refractivity contribution in [1.29, 1.82) is 0 Å². The number of aromatic nitrogens is 3. The maximum Gasteiger partial charge on any atom is 0.217 e. The average molecular weight is 291 g/mol. The zero-order valence-corrected chi connectivity index (χ0v) is 11.9. The molecule has 0 N–H and O–H groups in total. The Bertz CT molecular complexity index is 715.